The third kappa shape index (κ3) is 5.45. The Balaban J connectivity index is 1.19. The van der Waals surface area contributed by atoms with Gasteiger partial charge in [-0.15, -0.1) is 21.5 Å². The van der Waals surface area contributed by atoms with Gasteiger partial charge in [0.05, 0.1) is 17.7 Å². The molecule has 9 heteroatoms. The molecule has 0 atom stereocenters. The smallest absolute Gasteiger partial charge is 0.264 e. The summed E-state index contributed by atoms with van der Waals surface area (Å²) in [6.45, 7) is 2.92. The van der Waals surface area contributed by atoms with Crippen molar-refractivity contribution in [1.82, 2.24) is 20.0 Å². The first-order chi connectivity index (χ1) is 17.1. The van der Waals surface area contributed by atoms with Gasteiger partial charge in [-0.3, -0.25) is 9.59 Å². The van der Waals surface area contributed by atoms with E-state index >= 15 is 0 Å². The summed E-state index contributed by atoms with van der Waals surface area (Å²) in [4.78, 5) is 32.6. The van der Waals surface area contributed by atoms with Crippen molar-refractivity contribution in [1.29, 1.82) is 0 Å². The van der Waals surface area contributed by atoms with Crippen molar-refractivity contribution >= 4 is 29.0 Å². The van der Waals surface area contributed by atoms with Crippen LogP contribution < -0.4 is 9.64 Å². The molecule has 0 unspecified atom stereocenters. The van der Waals surface area contributed by atoms with E-state index in [1.54, 1.807) is 12.0 Å². The highest BCUT2D eigenvalue weighted by Gasteiger charge is 2.35. The Kier molecular flexibility index (Phi) is 6.94. The highest BCUT2D eigenvalue weighted by molar-refractivity contribution is 7.12. The zero-order valence-corrected chi connectivity index (χ0v) is 20.6. The lowest BCUT2D eigenvalue weighted by Crippen LogP contribution is -2.45. The van der Waals surface area contributed by atoms with Crippen molar-refractivity contribution in [2.75, 3.05) is 44.7 Å². The van der Waals surface area contributed by atoms with E-state index in [0.29, 0.717) is 24.5 Å². The summed E-state index contributed by atoms with van der Waals surface area (Å²) < 4.78 is 5.22. The first kappa shape index (κ1) is 23.3. The number of nitrogens with zero attached hydrogens (tertiary/aromatic N) is 5. The van der Waals surface area contributed by atoms with Crippen molar-refractivity contribution in [2.45, 2.75) is 25.3 Å². The molecular weight excluding hydrogens is 462 g/mol. The lowest BCUT2D eigenvalue weighted by Gasteiger charge is -2.27. The third-order valence-electron chi connectivity index (χ3n) is 6.49. The Hall–Kier alpha value is -3.46. The quantitative estimate of drug-likeness (QED) is 0.503. The number of aromatic nitrogens is 2. The molecule has 1 aromatic carbocycles. The van der Waals surface area contributed by atoms with Crippen LogP contribution in [-0.4, -0.2) is 77.7 Å². The minimum atomic E-state index is -0.0282. The van der Waals surface area contributed by atoms with Crippen LogP contribution in [0.5, 0.6) is 5.75 Å². The van der Waals surface area contributed by atoms with E-state index in [1.165, 1.54) is 11.3 Å². The van der Waals surface area contributed by atoms with Crippen molar-refractivity contribution in [2.24, 2.45) is 0 Å². The highest BCUT2D eigenvalue weighted by Crippen LogP contribution is 2.29. The molecule has 2 fully saturated rings. The predicted octanol–water partition coefficient (Wildman–Crippen LogP) is 3.56. The molecule has 1 saturated carbocycles. The van der Waals surface area contributed by atoms with Crippen LogP contribution in [0.25, 0.3) is 11.3 Å². The molecule has 3 aromatic rings. The van der Waals surface area contributed by atoms with Gasteiger partial charge in [0.25, 0.3) is 5.91 Å². The van der Waals surface area contributed by atoms with Crippen molar-refractivity contribution in [3.8, 4) is 17.0 Å². The van der Waals surface area contributed by atoms with E-state index in [0.717, 1.165) is 48.6 Å². The van der Waals surface area contributed by atoms with E-state index in [-0.39, 0.29) is 24.4 Å². The second-order valence-electron chi connectivity index (χ2n) is 8.87. The van der Waals surface area contributed by atoms with Crippen molar-refractivity contribution in [3.05, 3.63) is 58.8 Å². The van der Waals surface area contributed by atoms with Gasteiger partial charge in [0.1, 0.15) is 12.3 Å². The monoisotopic (exact) mass is 491 g/mol. The van der Waals surface area contributed by atoms with Crippen LogP contribution in [0.3, 0.4) is 0 Å². The number of hydrogen-bond acceptors (Lipinski definition) is 7. The van der Waals surface area contributed by atoms with Crippen LogP contribution in [0.4, 0.5) is 5.82 Å². The number of hydrogen-bond donors (Lipinski definition) is 0. The fourth-order valence-corrected chi connectivity index (χ4v) is 5.02. The van der Waals surface area contributed by atoms with Crippen molar-refractivity contribution in [3.63, 3.8) is 0 Å². The van der Waals surface area contributed by atoms with Gasteiger partial charge in [-0.2, -0.15) is 0 Å². The van der Waals surface area contributed by atoms with Gasteiger partial charge in [-0.25, -0.2) is 0 Å². The lowest BCUT2D eigenvalue weighted by molar-refractivity contribution is -0.131. The van der Waals surface area contributed by atoms with Gasteiger partial charge in [-0.1, -0.05) is 6.07 Å². The molecular formula is C26H29N5O3S. The number of methoxy groups -OCH3 is 1. The van der Waals surface area contributed by atoms with Crippen LogP contribution in [-0.2, 0) is 4.79 Å². The largest absolute Gasteiger partial charge is 0.497 e. The molecule has 0 N–H and O–H groups in total. The molecule has 1 aliphatic heterocycles. The Morgan fingerprint density at radius 1 is 1.03 bits per heavy atom. The van der Waals surface area contributed by atoms with Crippen molar-refractivity contribution < 1.29 is 14.3 Å². The Morgan fingerprint density at radius 3 is 2.51 bits per heavy atom. The van der Waals surface area contributed by atoms with E-state index < -0.39 is 0 Å². The second kappa shape index (κ2) is 10.4. The third-order valence-corrected chi connectivity index (χ3v) is 7.35. The summed E-state index contributed by atoms with van der Waals surface area (Å²) in [5, 5.41) is 10.8. The summed E-state index contributed by atoms with van der Waals surface area (Å²) in [5.74, 6) is 1.60. The summed E-state index contributed by atoms with van der Waals surface area (Å²) in [6, 6.07) is 15.6. The van der Waals surface area contributed by atoms with E-state index in [4.69, 9.17) is 4.74 Å². The molecule has 0 radical (unpaired) electrons. The van der Waals surface area contributed by atoms with Gasteiger partial charge in [0.2, 0.25) is 5.91 Å². The maximum atomic E-state index is 13.1. The molecule has 5 rings (SSSR count). The Morgan fingerprint density at radius 2 is 1.86 bits per heavy atom. The van der Waals surface area contributed by atoms with Crippen LogP contribution in [0.15, 0.2) is 53.9 Å². The Labute approximate surface area is 209 Å². The maximum Gasteiger partial charge on any atom is 0.264 e. The number of amides is 2. The molecule has 0 bridgehead atoms. The number of ether oxygens (including phenoxy) is 1. The molecule has 1 aliphatic carbocycles. The van der Waals surface area contributed by atoms with Gasteiger partial charge < -0.3 is 19.4 Å². The molecule has 2 amide bonds. The van der Waals surface area contributed by atoms with Gasteiger partial charge in [-0.05, 0) is 67.1 Å². The minimum Gasteiger partial charge on any atom is -0.497 e. The summed E-state index contributed by atoms with van der Waals surface area (Å²) in [5.41, 5.74) is 1.79. The normalized spacial score (nSPS) is 16.0. The fourth-order valence-electron chi connectivity index (χ4n) is 4.35. The average Bonchev–Trinajstić information content (AvgIpc) is 3.65. The summed E-state index contributed by atoms with van der Waals surface area (Å²) in [6.07, 6.45) is 2.79. The number of rotatable bonds is 7. The van der Waals surface area contributed by atoms with E-state index in [9.17, 15) is 9.59 Å². The molecule has 182 valence electrons. The topological polar surface area (TPSA) is 78.9 Å². The number of benzene rings is 1. The first-order valence-corrected chi connectivity index (χ1v) is 12.9. The lowest BCUT2D eigenvalue weighted by atomic mass is 10.1. The number of carbonyl (C=O) groups is 2. The average molecular weight is 492 g/mol. The fraction of sp³-hybridized carbons (Fsp3) is 0.385. The molecule has 35 heavy (non-hydrogen) atoms. The van der Waals surface area contributed by atoms with E-state index in [2.05, 4.69) is 15.1 Å². The highest BCUT2D eigenvalue weighted by atomic mass is 32.1. The van der Waals surface area contributed by atoms with Gasteiger partial charge in [0, 0.05) is 37.8 Å². The van der Waals surface area contributed by atoms with Crippen LogP contribution >= 0.6 is 11.3 Å². The van der Waals surface area contributed by atoms with Gasteiger partial charge in [0.15, 0.2) is 5.82 Å². The number of thiophene rings is 1. The molecule has 2 aromatic heterocycles. The molecule has 2 aliphatic rings. The molecule has 0 spiro atoms. The number of carbonyl (C=O) groups excluding carboxylic acids is 2. The number of anilines is 1. The van der Waals surface area contributed by atoms with E-state index in [1.807, 2.05) is 58.8 Å². The summed E-state index contributed by atoms with van der Waals surface area (Å²) in [7, 11) is 1.65. The molecule has 3 heterocycles. The minimum absolute atomic E-state index is 0.0181. The molecule has 1 saturated heterocycles. The molecule has 8 nitrogen and oxygen atoms in total. The maximum absolute atomic E-state index is 13.1. The standard InChI is InChI=1S/C26H29N5O3S/c1-34-21-9-5-19(6-10-21)22-11-12-24(28-27-22)29-13-3-14-30(16-15-29)25(32)18-31(20-7-8-20)26(33)23-4-2-17-35-23/h2,4-6,9-12,17,20H,3,7-8,13-16,18H2,1H3. The second-order valence-corrected chi connectivity index (χ2v) is 9.82. The van der Waals surface area contributed by atoms with Gasteiger partial charge >= 0.3 is 0 Å². The zero-order valence-electron chi connectivity index (χ0n) is 19.8. The van der Waals surface area contributed by atoms with Crippen LogP contribution in [0.2, 0.25) is 0 Å². The van der Waals surface area contributed by atoms with Crippen LogP contribution in [0.1, 0.15) is 28.9 Å². The van der Waals surface area contributed by atoms with Crippen LogP contribution in [0, 0.1) is 0 Å². The predicted molar refractivity (Wildman–Crippen MR) is 136 cm³/mol. The Bertz CT molecular complexity index is 1150. The zero-order chi connectivity index (χ0) is 24.2. The first-order valence-electron chi connectivity index (χ1n) is 12.0. The SMILES string of the molecule is COc1ccc(-c2ccc(N3CCCN(C(=O)CN(C(=O)c4cccs4)C4CC4)CC3)nn2)cc1. The summed E-state index contributed by atoms with van der Waals surface area (Å²) >= 11 is 1.43.